The molecule has 1 rings (SSSR count). The van der Waals surface area contributed by atoms with Gasteiger partial charge in [0.15, 0.2) is 6.10 Å². The summed E-state index contributed by atoms with van der Waals surface area (Å²) in [5, 5.41) is 61.7. The van der Waals surface area contributed by atoms with Gasteiger partial charge in [-0.05, 0) is 64.2 Å². The zero-order valence-electron chi connectivity index (χ0n) is 39.5. The number of hydrogen-bond donors (Lipinski definition) is 9. The SMILES string of the molecule is CCCCC/C=C\C[C@H](O)/C=C/C=C/C=C\[C@H](O)CCCC(=O)O[C@H](COC(=O)CCCCCCCCC/C=C\CCCCCC)COP(=O)(O)O[C@H]1C(O)C(O)C(O)[C@@H](OP(=O)(O)O)C1O. The normalized spacial score (nSPS) is 22.9. The molecular weight excluding hydrogens is 914 g/mol. The Balaban J connectivity index is 2.71. The van der Waals surface area contributed by atoms with Crippen LogP contribution in [0.5, 0.6) is 0 Å². The maximum Gasteiger partial charge on any atom is 0.472 e. The van der Waals surface area contributed by atoms with Gasteiger partial charge in [-0.3, -0.25) is 23.2 Å². The van der Waals surface area contributed by atoms with Gasteiger partial charge in [0.1, 0.15) is 43.2 Å². The van der Waals surface area contributed by atoms with E-state index >= 15 is 0 Å². The monoisotopic (exact) mass is 996 g/mol. The second kappa shape index (κ2) is 37.4. The van der Waals surface area contributed by atoms with Crippen molar-refractivity contribution in [3.63, 3.8) is 0 Å². The van der Waals surface area contributed by atoms with Gasteiger partial charge in [-0.25, -0.2) is 9.13 Å². The first-order chi connectivity index (χ1) is 31.9. The lowest BCUT2D eigenvalue weighted by Crippen LogP contribution is -2.64. The van der Waals surface area contributed by atoms with Crippen molar-refractivity contribution in [2.24, 2.45) is 0 Å². The minimum atomic E-state index is -5.40. The summed E-state index contributed by atoms with van der Waals surface area (Å²) in [6.07, 6.45) is 20.7. The zero-order valence-corrected chi connectivity index (χ0v) is 41.3. The highest BCUT2D eigenvalue weighted by molar-refractivity contribution is 7.47. The number of unbranched alkanes of at least 4 members (excludes halogenated alkanes) is 14. The predicted octanol–water partition coefficient (Wildman–Crippen LogP) is 7.00. The minimum Gasteiger partial charge on any atom is -0.462 e. The molecule has 0 aromatic rings. The Labute approximate surface area is 397 Å². The van der Waals surface area contributed by atoms with Gasteiger partial charge in [0, 0.05) is 12.8 Å². The fraction of sp³-hybridized carbons (Fsp3) is 0.745. The summed E-state index contributed by atoms with van der Waals surface area (Å²) in [6.45, 7) is 2.82. The Kier molecular flexibility index (Phi) is 35.0. The molecule has 0 aromatic heterocycles. The highest BCUT2D eigenvalue weighted by Crippen LogP contribution is 2.49. The van der Waals surface area contributed by atoms with Crippen LogP contribution in [-0.2, 0) is 41.8 Å². The fourth-order valence-corrected chi connectivity index (χ4v) is 8.46. The van der Waals surface area contributed by atoms with Crippen molar-refractivity contribution in [2.75, 3.05) is 13.2 Å². The van der Waals surface area contributed by atoms with E-state index in [9.17, 15) is 64.0 Å². The molecule has 0 heterocycles. The van der Waals surface area contributed by atoms with Gasteiger partial charge in [-0.15, -0.1) is 0 Å². The molecule has 0 aromatic carbocycles. The molecule has 0 aliphatic heterocycles. The van der Waals surface area contributed by atoms with Gasteiger partial charge >= 0.3 is 27.6 Å². The summed E-state index contributed by atoms with van der Waals surface area (Å²) in [5.41, 5.74) is 0. The lowest BCUT2D eigenvalue weighted by Gasteiger charge is -2.43. The molecule has 0 amide bonds. The molecule has 1 fully saturated rings. The molecule has 10 atom stereocenters. The van der Waals surface area contributed by atoms with Crippen molar-refractivity contribution in [1.29, 1.82) is 0 Å². The van der Waals surface area contributed by atoms with E-state index in [1.807, 2.05) is 6.08 Å². The Morgan fingerprint density at radius 1 is 0.552 bits per heavy atom. The summed E-state index contributed by atoms with van der Waals surface area (Å²) in [5.74, 6) is -1.45. The first kappa shape index (κ1) is 62.6. The van der Waals surface area contributed by atoms with Crippen molar-refractivity contribution >= 4 is 27.6 Å². The van der Waals surface area contributed by atoms with Crippen LogP contribution in [0.4, 0.5) is 0 Å². The third-order valence-electron chi connectivity index (χ3n) is 10.8. The topological polar surface area (TPSA) is 296 Å². The zero-order chi connectivity index (χ0) is 49.9. The number of aliphatic hydroxyl groups excluding tert-OH is 6. The van der Waals surface area contributed by atoms with E-state index in [0.29, 0.717) is 12.8 Å². The van der Waals surface area contributed by atoms with Gasteiger partial charge in [-0.1, -0.05) is 139 Å². The number of carbonyl (C=O) groups excluding carboxylic acids is 2. The number of allylic oxidation sites excluding steroid dienone is 7. The summed E-state index contributed by atoms with van der Waals surface area (Å²) in [4.78, 5) is 54.3. The summed E-state index contributed by atoms with van der Waals surface area (Å²) >= 11 is 0. The Bertz CT molecular complexity index is 1560. The molecule has 9 N–H and O–H groups in total. The highest BCUT2D eigenvalue weighted by Gasteiger charge is 2.54. The molecule has 1 aliphatic carbocycles. The average Bonchev–Trinajstić information content (AvgIpc) is 3.27. The molecule has 0 saturated heterocycles. The second-order valence-corrected chi connectivity index (χ2v) is 19.5. The lowest BCUT2D eigenvalue weighted by atomic mass is 9.85. The Hall–Kier alpha value is -2.38. The highest BCUT2D eigenvalue weighted by atomic mass is 31.2. The van der Waals surface area contributed by atoms with Gasteiger partial charge in [-0.2, -0.15) is 0 Å². The molecule has 1 saturated carbocycles. The third kappa shape index (κ3) is 32.2. The quantitative estimate of drug-likeness (QED) is 0.00984. The Morgan fingerprint density at radius 3 is 1.64 bits per heavy atom. The first-order valence-corrected chi connectivity index (χ1v) is 27.1. The van der Waals surface area contributed by atoms with Crippen LogP contribution in [0.25, 0.3) is 0 Å². The largest absolute Gasteiger partial charge is 0.472 e. The standard InChI is InChI=1S/C47H82O18P2/c1-3-5-7-9-11-12-13-14-15-16-17-18-19-21-27-33-40(50)61-35-39(36-62-67(59,60)65-47-44(54)42(52)43(53)46(45(47)55)64-66(56,57)58)63-41(51)34-28-32-38(49)31-26-23-22-25-30-37(48)29-24-20-10-8-6-4-2/h12-13,20,22-26,30-31,37-39,42-49,52-55H,3-11,14-19,21,27-29,32-36H2,1-2H3,(H,59,60)(H2,56,57,58)/b13-12-,23-22+,24-20-,30-25+,31-26-/t37-,38-,39+,42?,43?,44?,45?,46+,47-/m0/s1. The van der Waals surface area contributed by atoms with E-state index in [0.717, 1.165) is 70.6 Å². The van der Waals surface area contributed by atoms with Crippen LogP contribution in [0, 0.1) is 0 Å². The number of hydrogen-bond acceptors (Lipinski definition) is 15. The Morgan fingerprint density at radius 2 is 1.04 bits per heavy atom. The van der Waals surface area contributed by atoms with Gasteiger partial charge in [0.05, 0.1) is 18.8 Å². The number of aliphatic hydroxyl groups is 6. The maximum atomic E-state index is 13.0. The number of carbonyl (C=O) groups is 2. The van der Waals surface area contributed by atoms with Crippen LogP contribution >= 0.6 is 15.6 Å². The van der Waals surface area contributed by atoms with Crippen LogP contribution in [0.2, 0.25) is 0 Å². The van der Waals surface area contributed by atoms with Crippen LogP contribution < -0.4 is 0 Å². The van der Waals surface area contributed by atoms with Crippen LogP contribution in [0.15, 0.2) is 60.8 Å². The molecule has 388 valence electrons. The van der Waals surface area contributed by atoms with E-state index in [-0.39, 0.29) is 25.7 Å². The van der Waals surface area contributed by atoms with Gasteiger partial charge < -0.3 is 54.8 Å². The molecule has 67 heavy (non-hydrogen) atoms. The van der Waals surface area contributed by atoms with E-state index in [1.165, 1.54) is 38.2 Å². The number of esters is 2. The van der Waals surface area contributed by atoms with Gasteiger partial charge in [0.25, 0.3) is 0 Å². The van der Waals surface area contributed by atoms with Gasteiger partial charge in [0.2, 0.25) is 0 Å². The van der Waals surface area contributed by atoms with E-state index < -0.39 is 95.7 Å². The van der Waals surface area contributed by atoms with E-state index in [4.69, 9.17) is 18.5 Å². The van der Waals surface area contributed by atoms with Crippen LogP contribution in [0.1, 0.15) is 155 Å². The molecule has 20 heteroatoms. The van der Waals surface area contributed by atoms with Crippen molar-refractivity contribution in [3.05, 3.63) is 60.8 Å². The second-order valence-electron chi connectivity index (χ2n) is 16.9. The molecule has 0 radical (unpaired) electrons. The lowest BCUT2D eigenvalue weighted by molar-refractivity contribution is -0.216. The molecule has 18 nitrogen and oxygen atoms in total. The smallest absolute Gasteiger partial charge is 0.462 e. The number of ether oxygens (including phenoxy) is 2. The summed E-state index contributed by atoms with van der Waals surface area (Å²) < 4.78 is 49.2. The van der Waals surface area contributed by atoms with Crippen molar-refractivity contribution < 1.29 is 87.1 Å². The fourth-order valence-electron chi connectivity index (χ4n) is 6.92. The molecule has 0 bridgehead atoms. The summed E-state index contributed by atoms with van der Waals surface area (Å²) in [7, 11) is -10.8. The first-order valence-electron chi connectivity index (χ1n) is 24.1. The molecule has 0 spiro atoms. The maximum absolute atomic E-state index is 13.0. The number of phosphoric ester groups is 2. The average molecular weight is 997 g/mol. The molecule has 5 unspecified atom stereocenters. The predicted molar refractivity (Wildman–Crippen MR) is 253 cm³/mol. The number of phosphoric acid groups is 2. The minimum absolute atomic E-state index is 0.0609. The van der Waals surface area contributed by atoms with Crippen LogP contribution in [0.3, 0.4) is 0 Å². The third-order valence-corrected chi connectivity index (χ3v) is 12.3. The molecule has 1 aliphatic rings. The van der Waals surface area contributed by atoms with Crippen molar-refractivity contribution in [3.8, 4) is 0 Å². The molecular formula is C47H82O18P2. The van der Waals surface area contributed by atoms with E-state index in [1.54, 1.807) is 30.4 Å². The van der Waals surface area contributed by atoms with E-state index in [2.05, 4.69) is 36.6 Å². The number of rotatable bonds is 39. The van der Waals surface area contributed by atoms with Crippen molar-refractivity contribution in [1.82, 2.24) is 0 Å². The van der Waals surface area contributed by atoms with Crippen LogP contribution in [-0.4, -0.2) is 125 Å². The van der Waals surface area contributed by atoms with Crippen molar-refractivity contribution in [2.45, 2.75) is 210 Å². The summed E-state index contributed by atoms with van der Waals surface area (Å²) in [6, 6.07) is 0.